The number of benzene rings is 3. The topological polar surface area (TPSA) is 78.4 Å². The predicted molar refractivity (Wildman–Crippen MR) is 101 cm³/mol. The summed E-state index contributed by atoms with van der Waals surface area (Å²) in [5.41, 5.74) is 7.95. The molecule has 3 rings (SSSR count). The van der Waals surface area contributed by atoms with E-state index in [4.69, 9.17) is 16.7 Å². The summed E-state index contributed by atoms with van der Waals surface area (Å²) < 4.78 is 0. The molecule has 0 aromatic heterocycles. The summed E-state index contributed by atoms with van der Waals surface area (Å²) in [4.78, 5) is 22.5. The molecular formula is C20H15ClN2O3. The van der Waals surface area contributed by atoms with E-state index in [9.17, 15) is 9.59 Å². The number of amides is 2. The molecule has 130 valence electrons. The van der Waals surface area contributed by atoms with E-state index >= 15 is 0 Å². The van der Waals surface area contributed by atoms with E-state index in [2.05, 4.69) is 5.43 Å². The Bertz CT molecular complexity index is 941. The molecule has 5 nitrogen and oxygen atoms in total. The molecule has 0 bridgehead atoms. The van der Waals surface area contributed by atoms with E-state index in [1.165, 1.54) is 6.07 Å². The zero-order valence-corrected chi connectivity index (χ0v) is 14.3. The van der Waals surface area contributed by atoms with Crippen LogP contribution in [0, 0.1) is 0 Å². The van der Waals surface area contributed by atoms with Crippen LogP contribution < -0.4 is 10.9 Å². The van der Waals surface area contributed by atoms with E-state index in [1.54, 1.807) is 12.1 Å². The van der Waals surface area contributed by atoms with Crippen LogP contribution in [0.25, 0.3) is 22.3 Å². The van der Waals surface area contributed by atoms with E-state index in [0.717, 1.165) is 16.7 Å². The molecule has 0 unspecified atom stereocenters. The van der Waals surface area contributed by atoms with Crippen molar-refractivity contribution in [3.8, 4) is 22.3 Å². The van der Waals surface area contributed by atoms with Gasteiger partial charge in [-0.3, -0.25) is 10.2 Å². The maximum absolute atomic E-state index is 12.0. The Morgan fingerprint density at radius 3 is 2.04 bits per heavy atom. The number of halogens is 1. The fraction of sp³-hybridized carbons (Fsp3) is 0. The highest BCUT2D eigenvalue weighted by molar-refractivity contribution is 6.33. The number of hydrogen-bond acceptors (Lipinski definition) is 2. The zero-order chi connectivity index (χ0) is 18.5. The monoisotopic (exact) mass is 366 g/mol. The molecule has 0 saturated heterocycles. The second-order valence-electron chi connectivity index (χ2n) is 5.52. The smallest absolute Gasteiger partial charge is 0.423 e. The molecule has 2 amide bonds. The Kier molecular flexibility index (Phi) is 5.20. The molecular weight excluding hydrogens is 352 g/mol. The highest BCUT2D eigenvalue weighted by Gasteiger charge is 2.11. The molecule has 0 atom stereocenters. The van der Waals surface area contributed by atoms with Crippen LogP contribution in [-0.4, -0.2) is 17.1 Å². The minimum atomic E-state index is -1.34. The third-order valence-corrected chi connectivity index (χ3v) is 4.14. The van der Waals surface area contributed by atoms with E-state index < -0.39 is 12.0 Å². The molecule has 0 aliphatic heterocycles. The van der Waals surface area contributed by atoms with E-state index in [-0.39, 0.29) is 0 Å². The van der Waals surface area contributed by atoms with Crippen LogP contribution in [0.15, 0.2) is 72.8 Å². The molecule has 0 fully saturated rings. The Morgan fingerprint density at radius 1 is 0.769 bits per heavy atom. The highest BCUT2D eigenvalue weighted by atomic mass is 35.5. The van der Waals surface area contributed by atoms with Gasteiger partial charge in [-0.05, 0) is 34.9 Å². The van der Waals surface area contributed by atoms with Crippen LogP contribution in [0.2, 0.25) is 5.02 Å². The SMILES string of the molecule is O=C(O)NNC(=O)c1ccc(Cl)c(-c2ccc(-c3ccccc3)cc2)c1. The van der Waals surface area contributed by atoms with Crippen LogP contribution >= 0.6 is 11.6 Å². The first-order chi connectivity index (χ1) is 12.5. The van der Waals surface area contributed by atoms with Gasteiger partial charge in [0.15, 0.2) is 0 Å². The van der Waals surface area contributed by atoms with Crippen molar-refractivity contribution >= 4 is 23.6 Å². The number of hydrogen-bond donors (Lipinski definition) is 3. The molecule has 0 saturated carbocycles. The number of carbonyl (C=O) groups is 2. The number of carbonyl (C=O) groups excluding carboxylic acids is 1. The molecule has 3 aromatic carbocycles. The minimum absolute atomic E-state index is 0.297. The van der Waals surface area contributed by atoms with Crippen molar-refractivity contribution in [1.29, 1.82) is 0 Å². The van der Waals surface area contributed by atoms with Gasteiger partial charge < -0.3 is 5.11 Å². The second-order valence-corrected chi connectivity index (χ2v) is 5.93. The van der Waals surface area contributed by atoms with Gasteiger partial charge in [-0.1, -0.05) is 66.2 Å². The summed E-state index contributed by atoms with van der Waals surface area (Å²) in [5.74, 6) is -0.564. The van der Waals surface area contributed by atoms with Crippen molar-refractivity contribution in [3.05, 3.63) is 83.4 Å². The first-order valence-electron chi connectivity index (χ1n) is 7.79. The molecule has 3 aromatic rings. The molecule has 3 N–H and O–H groups in total. The third-order valence-electron chi connectivity index (χ3n) is 3.81. The van der Waals surface area contributed by atoms with Gasteiger partial charge in [-0.15, -0.1) is 0 Å². The fourth-order valence-electron chi connectivity index (χ4n) is 2.54. The number of hydrazine groups is 1. The number of carboxylic acid groups (broad SMARTS) is 1. The fourth-order valence-corrected chi connectivity index (χ4v) is 2.77. The minimum Gasteiger partial charge on any atom is -0.464 e. The van der Waals surface area contributed by atoms with Crippen molar-refractivity contribution < 1.29 is 14.7 Å². The Hall–Kier alpha value is -3.31. The molecule has 0 aliphatic carbocycles. The largest absolute Gasteiger partial charge is 0.464 e. The lowest BCUT2D eigenvalue weighted by Crippen LogP contribution is -2.40. The first-order valence-corrected chi connectivity index (χ1v) is 8.17. The van der Waals surface area contributed by atoms with Crippen LogP contribution in [0.3, 0.4) is 0 Å². The van der Waals surface area contributed by atoms with Crippen molar-refractivity contribution in [2.75, 3.05) is 0 Å². The standard InChI is InChI=1S/C20H15ClN2O3/c21-18-11-10-16(19(24)22-23-20(25)26)12-17(18)15-8-6-14(7-9-15)13-4-2-1-3-5-13/h1-12,23H,(H,22,24)(H,25,26). The number of nitrogens with one attached hydrogen (secondary N) is 2. The summed E-state index contributed by atoms with van der Waals surface area (Å²) >= 11 is 6.28. The van der Waals surface area contributed by atoms with E-state index in [1.807, 2.05) is 60.0 Å². The summed E-state index contributed by atoms with van der Waals surface area (Å²) in [6.07, 6.45) is -1.34. The maximum atomic E-state index is 12.0. The second kappa shape index (κ2) is 7.72. The summed E-state index contributed by atoms with van der Waals surface area (Å²) in [5, 5.41) is 9.06. The van der Waals surface area contributed by atoms with Crippen LogP contribution in [0.4, 0.5) is 4.79 Å². The molecule has 0 radical (unpaired) electrons. The van der Waals surface area contributed by atoms with Gasteiger partial charge >= 0.3 is 6.09 Å². The molecule has 6 heteroatoms. The van der Waals surface area contributed by atoms with Gasteiger partial charge in [0.2, 0.25) is 0 Å². The van der Waals surface area contributed by atoms with Crippen LogP contribution in [-0.2, 0) is 0 Å². The van der Waals surface area contributed by atoms with Crippen molar-refractivity contribution in [1.82, 2.24) is 10.9 Å². The molecule has 0 spiro atoms. The highest BCUT2D eigenvalue weighted by Crippen LogP contribution is 2.30. The average molecular weight is 367 g/mol. The molecule has 0 aliphatic rings. The summed E-state index contributed by atoms with van der Waals surface area (Å²) in [6, 6.07) is 22.6. The Morgan fingerprint density at radius 2 is 1.38 bits per heavy atom. The normalized spacial score (nSPS) is 10.2. The zero-order valence-electron chi connectivity index (χ0n) is 13.6. The van der Waals surface area contributed by atoms with Crippen molar-refractivity contribution in [3.63, 3.8) is 0 Å². The van der Waals surface area contributed by atoms with Gasteiger partial charge in [-0.2, -0.15) is 0 Å². The van der Waals surface area contributed by atoms with Crippen LogP contribution in [0.1, 0.15) is 10.4 Å². The van der Waals surface area contributed by atoms with Gasteiger partial charge in [0, 0.05) is 16.1 Å². The van der Waals surface area contributed by atoms with Gasteiger partial charge in [0.1, 0.15) is 0 Å². The average Bonchev–Trinajstić information content (AvgIpc) is 2.67. The van der Waals surface area contributed by atoms with Crippen LogP contribution in [0.5, 0.6) is 0 Å². The molecule has 0 heterocycles. The van der Waals surface area contributed by atoms with Gasteiger partial charge in [0.25, 0.3) is 5.91 Å². The summed E-state index contributed by atoms with van der Waals surface area (Å²) in [7, 11) is 0. The lowest BCUT2D eigenvalue weighted by Gasteiger charge is -2.10. The van der Waals surface area contributed by atoms with Gasteiger partial charge in [0.05, 0.1) is 0 Å². The van der Waals surface area contributed by atoms with E-state index in [0.29, 0.717) is 16.1 Å². The quantitative estimate of drug-likeness (QED) is 0.593. The number of rotatable bonds is 3. The lowest BCUT2D eigenvalue weighted by molar-refractivity contribution is 0.0926. The van der Waals surface area contributed by atoms with Crippen molar-refractivity contribution in [2.45, 2.75) is 0 Å². The Labute approximate surface area is 155 Å². The summed E-state index contributed by atoms with van der Waals surface area (Å²) in [6.45, 7) is 0. The first kappa shape index (κ1) is 17.5. The predicted octanol–water partition coefficient (Wildman–Crippen LogP) is 4.59. The Balaban J connectivity index is 1.88. The molecule has 26 heavy (non-hydrogen) atoms. The third kappa shape index (κ3) is 4.02. The van der Waals surface area contributed by atoms with Crippen molar-refractivity contribution in [2.24, 2.45) is 0 Å². The lowest BCUT2D eigenvalue weighted by atomic mass is 9.99. The van der Waals surface area contributed by atoms with Gasteiger partial charge in [-0.25, -0.2) is 10.2 Å². The maximum Gasteiger partial charge on any atom is 0.423 e.